The standard InChI is InChI=1S/C10H13NO3S/c1-2-3-8(10(13)14)11-5-7(6-15)4-9(11)12/h1,7-8,15H,3-6H2,(H,13,14). The average molecular weight is 227 g/mol. The minimum absolute atomic E-state index is 0.0559. The normalized spacial score (nSPS) is 22.5. The van der Waals surface area contributed by atoms with Gasteiger partial charge in [-0.05, 0) is 11.7 Å². The van der Waals surface area contributed by atoms with Crippen LogP contribution in [0.25, 0.3) is 0 Å². The number of hydrogen-bond acceptors (Lipinski definition) is 3. The van der Waals surface area contributed by atoms with Gasteiger partial charge in [0.2, 0.25) is 5.91 Å². The molecule has 82 valence electrons. The summed E-state index contributed by atoms with van der Waals surface area (Å²) < 4.78 is 0. The van der Waals surface area contributed by atoms with Crippen molar-refractivity contribution in [2.24, 2.45) is 5.92 Å². The van der Waals surface area contributed by atoms with E-state index < -0.39 is 12.0 Å². The predicted octanol–water partition coefficient (Wildman–Crippen LogP) is 0.241. The van der Waals surface area contributed by atoms with Gasteiger partial charge in [-0.3, -0.25) is 4.79 Å². The molecular formula is C10H13NO3S. The summed E-state index contributed by atoms with van der Waals surface area (Å²) >= 11 is 4.10. The predicted molar refractivity (Wildman–Crippen MR) is 58.5 cm³/mol. The topological polar surface area (TPSA) is 57.6 Å². The van der Waals surface area contributed by atoms with Crippen LogP contribution in [-0.2, 0) is 9.59 Å². The fraction of sp³-hybridized carbons (Fsp3) is 0.600. The number of likely N-dealkylation sites (tertiary alicyclic amines) is 1. The van der Waals surface area contributed by atoms with E-state index in [0.717, 1.165) is 0 Å². The van der Waals surface area contributed by atoms with E-state index in [4.69, 9.17) is 11.5 Å². The number of carboxylic acids is 1. The van der Waals surface area contributed by atoms with Crippen LogP contribution in [-0.4, -0.2) is 40.2 Å². The number of aliphatic carboxylic acids is 1. The van der Waals surface area contributed by atoms with E-state index in [1.807, 2.05) is 0 Å². The summed E-state index contributed by atoms with van der Waals surface area (Å²) in [7, 11) is 0. The van der Waals surface area contributed by atoms with E-state index >= 15 is 0 Å². The van der Waals surface area contributed by atoms with Gasteiger partial charge in [-0.2, -0.15) is 12.6 Å². The number of carbonyl (C=O) groups excluding carboxylic acids is 1. The molecule has 1 rings (SSSR count). The maximum Gasteiger partial charge on any atom is 0.327 e. The Morgan fingerprint density at radius 2 is 2.47 bits per heavy atom. The first-order valence-electron chi connectivity index (χ1n) is 4.66. The van der Waals surface area contributed by atoms with E-state index in [2.05, 4.69) is 18.5 Å². The van der Waals surface area contributed by atoms with Crippen LogP contribution in [0.4, 0.5) is 0 Å². The van der Waals surface area contributed by atoms with Crippen LogP contribution in [0.1, 0.15) is 12.8 Å². The van der Waals surface area contributed by atoms with E-state index in [1.165, 1.54) is 4.90 Å². The Morgan fingerprint density at radius 1 is 1.80 bits per heavy atom. The van der Waals surface area contributed by atoms with Crippen molar-refractivity contribution >= 4 is 24.5 Å². The Balaban J connectivity index is 2.73. The molecule has 0 aliphatic carbocycles. The third kappa shape index (κ3) is 2.66. The molecule has 1 aliphatic rings. The lowest BCUT2D eigenvalue weighted by Gasteiger charge is -2.22. The molecular weight excluding hydrogens is 214 g/mol. The van der Waals surface area contributed by atoms with Gasteiger partial charge in [0.15, 0.2) is 0 Å². The van der Waals surface area contributed by atoms with Crippen LogP contribution in [0, 0.1) is 18.3 Å². The fourth-order valence-corrected chi connectivity index (χ4v) is 1.92. The third-order valence-electron chi connectivity index (χ3n) is 2.47. The van der Waals surface area contributed by atoms with Crippen molar-refractivity contribution in [3.63, 3.8) is 0 Å². The Kier molecular flexibility index (Phi) is 4.04. The quantitative estimate of drug-likeness (QED) is 0.534. The number of amides is 1. The molecule has 0 aromatic carbocycles. The van der Waals surface area contributed by atoms with Gasteiger partial charge in [-0.15, -0.1) is 12.3 Å². The Hall–Kier alpha value is -1.15. The van der Waals surface area contributed by atoms with Crippen molar-refractivity contribution < 1.29 is 14.7 Å². The highest BCUT2D eigenvalue weighted by Gasteiger charge is 2.36. The minimum atomic E-state index is -1.04. The highest BCUT2D eigenvalue weighted by Crippen LogP contribution is 2.22. The second-order valence-corrected chi connectivity index (χ2v) is 3.93. The molecule has 0 saturated carbocycles. The number of carbonyl (C=O) groups is 2. The number of rotatable bonds is 4. The summed E-state index contributed by atoms with van der Waals surface area (Å²) in [6.45, 7) is 0.445. The zero-order chi connectivity index (χ0) is 11.4. The first-order valence-corrected chi connectivity index (χ1v) is 5.30. The summed E-state index contributed by atoms with van der Waals surface area (Å²) in [6.07, 6.45) is 5.51. The molecule has 2 unspecified atom stereocenters. The van der Waals surface area contributed by atoms with Gasteiger partial charge >= 0.3 is 5.97 Å². The molecule has 5 heteroatoms. The summed E-state index contributed by atoms with van der Waals surface area (Å²) in [5.74, 6) is 1.83. The van der Waals surface area contributed by atoms with Gasteiger partial charge in [0.25, 0.3) is 0 Å². The second kappa shape index (κ2) is 5.08. The van der Waals surface area contributed by atoms with Crippen LogP contribution in [0.5, 0.6) is 0 Å². The number of nitrogens with zero attached hydrogens (tertiary/aromatic N) is 1. The number of hydrogen-bond donors (Lipinski definition) is 2. The minimum Gasteiger partial charge on any atom is -0.480 e. The summed E-state index contributed by atoms with van der Waals surface area (Å²) in [5.41, 5.74) is 0. The van der Waals surface area contributed by atoms with Crippen LogP contribution < -0.4 is 0 Å². The molecule has 0 aromatic rings. The van der Waals surface area contributed by atoms with Crippen molar-refractivity contribution in [1.29, 1.82) is 0 Å². The highest BCUT2D eigenvalue weighted by molar-refractivity contribution is 7.80. The fourth-order valence-electron chi connectivity index (χ4n) is 1.67. The van der Waals surface area contributed by atoms with Crippen LogP contribution in [0.2, 0.25) is 0 Å². The monoisotopic (exact) mass is 227 g/mol. The molecule has 1 saturated heterocycles. The van der Waals surface area contributed by atoms with Gasteiger partial charge in [0.1, 0.15) is 6.04 Å². The van der Waals surface area contributed by atoms with Crippen molar-refractivity contribution in [2.45, 2.75) is 18.9 Å². The number of thiol groups is 1. The van der Waals surface area contributed by atoms with Gasteiger partial charge in [-0.25, -0.2) is 4.79 Å². The van der Waals surface area contributed by atoms with Crippen molar-refractivity contribution in [2.75, 3.05) is 12.3 Å². The van der Waals surface area contributed by atoms with Crippen molar-refractivity contribution in [3.8, 4) is 12.3 Å². The SMILES string of the molecule is C#CCC(C(=O)O)N1CC(CS)CC1=O. The smallest absolute Gasteiger partial charge is 0.327 e. The first kappa shape index (κ1) is 11.9. The zero-order valence-corrected chi connectivity index (χ0v) is 9.11. The third-order valence-corrected chi connectivity index (χ3v) is 2.99. The summed E-state index contributed by atoms with van der Waals surface area (Å²) in [5, 5.41) is 8.93. The Bertz CT molecular complexity index is 310. The molecule has 1 heterocycles. The number of terminal acetylenes is 1. The van der Waals surface area contributed by atoms with E-state index in [0.29, 0.717) is 18.7 Å². The van der Waals surface area contributed by atoms with Crippen LogP contribution in [0.15, 0.2) is 0 Å². The molecule has 0 spiro atoms. The maximum absolute atomic E-state index is 11.5. The summed E-state index contributed by atoms with van der Waals surface area (Å²) in [6, 6.07) is -0.882. The lowest BCUT2D eigenvalue weighted by Crippen LogP contribution is -2.42. The zero-order valence-electron chi connectivity index (χ0n) is 8.22. The summed E-state index contributed by atoms with van der Waals surface area (Å²) in [4.78, 5) is 23.8. The lowest BCUT2D eigenvalue weighted by molar-refractivity contribution is -0.148. The van der Waals surface area contributed by atoms with Gasteiger partial charge in [0.05, 0.1) is 0 Å². The molecule has 0 aromatic heterocycles. The molecule has 4 nitrogen and oxygen atoms in total. The Morgan fingerprint density at radius 3 is 2.87 bits per heavy atom. The molecule has 15 heavy (non-hydrogen) atoms. The van der Waals surface area contributed by atoms with Gasteiger partial charge in [0, 0.05) is 19.4 Å². The molecule has 2 atom stereocenters. The Labute approximate surface area is 94.0 Å². The van der Waals surface area contributed by atoms with Crippen LogP contribution in [0.3, 0.4) is 0 Å². The molecule has 1 aliphatic heterocycles. The highest BCUT2D eigenvalue weighted by atomic mass is 32.1. The van der Waals surface area contributed by atoms with E-state index in [9.17, 15) is 9.59 Å². The average Bonchev–Trinajstić information content (AvgIpc) is 2.55. The largest absolute Gasteiger partial charge is 0.480 e. The van der Waals surface area contributed by atoms with E-state index in [-0.39, 0.29) is 18.2 Å². The first-order chi connectivity index (χ1) is 7.10. The van der Waals surface area contributed by atoms with Crippen molar-refractivity contribution in [1.82, 2.24) is 4.90 Å². The molecule has 0 bridgehead atoms. The molecule has 1 amide bonds. The molecule has 1 fully saturated rings. The van der Waals surface area contributed by atoms with Crippen molar-refractivity contribution in [3.05, 3.63) is 0 Å². The molecule has 0 radical (unpaired) electrons. The van der Waals surface area contributed by atoms with E-state index in [1.54, 1.807) is 0 Å². The maximum atomic E-state index is 11.5. The second-order valence-electron chi connectivity index (χ2n) is 3.56. The lowest BCUT2D eigenvalue weighted by atomic mass is 10.1. The molecule has 1 N–H and O–H groups in total. The van der Waals surface area contributed by atoms with Crippen LogP contribution >= 0.6 is 12.6 Å². The van der Waals surface area contributed by atoms with Gasteiger partial charge < -0.3 is 10.0 Å². The number of carboxylic acid groups (broad SMARTS) is 1. The van der Waals surface area contributed by atoms with Gasteiger partial charge in [-0.1, -0.05) is 0 Å².